The van der Waals surface area contributed by atoms with Crippen LogP contribution in [0.4, 0.5) is 4.39 Å². The maximum absolute atomic E-state index is 13.6. The molecule has 1 amide bonds. The van der Waals surface area contributed by atoms with Crippen LogP contribution in [0.2, 0.25) is 0 Å². The molecule has 0 radical (unpaired) electrons. The predicted molar refractivity (Wildman–Crippen MR) is 94.3 cm³/mol. The Morgan fingerprint density at radius 1 is 1.32 bits per heavy atom. The van der Waals surface area contributed by atoms with Gasteiger partial charge in [0.15, 0.2) is 0 Å². The van der Waals surface area contributed by atoms with E-state index in [0.29, 0.717) is 29.1 Å². The van der Waals surface area contributed by atoms with Gasteiger partial charge in [-0.1, -0.05) is 25.1 Å². The van der Waals surface area contributed by atoms with Crippen molar-refractivity contribution in [1.29, 1.82) is 0 Å². The average Bonchev–Trinajstić information content (AvgIpc) is 2.96. The normalized spacial score (nSPS) is 13.3. The molecule has 2 unspecified atom stereocenters. The molecule has 0 fully saturated rings. The first kappa shape index (κ1) is 19.1. The molecule has 5 nitrogen and oxygen atoms in total. The summed E-state index contributed by atoms with van der Waals surface area (Å²) in [6.45, 7) is 5.19. The zero-order valence-corrected chi connectivity index (χ0v) is 15.2. The van der Waals surface area contributed by atoms with E-state index in [-0.39, 0.29) is 28.6 Å². The van der Waals surface area contributed by atoms with Gasteiger partial charge >= 0.3 is 5.97 Å². The minimum Gasteiger partial charge on any atom is -0.477 e. The lowest BCUT2D eigenvalue weighted by Gasteiger charge is -2.16. The van der Waals surface area contributed by atoms with Gasteiger partial charge in [0.1, 0.15) is 15.7 Å². The number of halogens is 1. The summed E-state index contributed by atoms with van der Waals surface area (Å²) in [6, 6.07) is 6.16. The molecule has 0 aliphatic heterocycles. The van der Waals surface area contributed by atoms with Crippen molar-refractivity contribution >= 4 is 23.2 Å². The summed E-state index contributed by atoms with van der Waals surface area (Å²) in [5.74, 6) is -1.73. The molecular formula is C18H21FN2O3S. The third kappa shape index (κ3) is 4.85. The number of hydrogen-bond acceptors (Lipinski definition) is 4. The molecule has 0 saturated carbocycles. The molecule has 25 heavy (non-hydrogen) atoms. The highest BCUT2D eigenvalue weighted by Crippen LogP contribution is 2.24. The summed E-state index contributed by atoms with van der Waals surface area (Å²) in [6.07, 6.45) is 1.01. The molecule has 0 spiro atoms. The number of amides is 1. The van der Waals surface area contributed by atoms with Gasteiger partial charge in [0, 0.05) is 5.92 Å². The molecule has 2 rings (SSSR count). The van der Waals surface area contributed by atoms with Gasteiger partial charge in [0.2, 0.25) is 5.91 Å². The van der Waals surface area contributed by atoms with Crippen LogP contribution in [0.15, 0.2) is 24.3 Å². The summed E-state index contributed by atoms with van der Waals surface area (Å²) in [7, 11) is 0. The van der Waals surface area contributed by atoms with E-state index < -0.39 is 5.97 Å². The average molecular weight is 364 g/mol. The SMILES string of the molecule is Cc1nc(C(C)NC(=O)C(C)CCc2ccccc2F)sc1C(=O)O. The molecule has 2 atom stereocenters. The van der Waals surface area contributed by atoms with Crippen molar-refractivity contribution < 1.29 is 19.1 Å². The van der Waals surface area contributed by atoms with E-state index in [0.717, 1.165) is 11.3 Å². The second-order valence-electron chi connectivity index (χ2n) is 6.03. The van der Waals surface area contributed by atoms with Gasteiger partial charge in [0.25, 0.3) is 0 Å². The van der Waals surface area contributed by atoms with Crippen molar-refractivity contribution in [3.8, 4) is 0 Å². The molecule has 0 aliphatic rings. The van der Waals surface area contributed by atoms with Crippen molar-refractivity contribution in [2.75, 3.05) is 0 Å². The minimum atomic E-state index is -1.02. The number of carboxylic acid groups (broad SMARTS) is 1. The zero-order chi connectivity index (χ0) is 18.6. The number of carboxylic acids is 1. The number of nitrogens with zero attached hydrogens (tertiary/aromatic N) is 1. The van der Waals surface area contributed by atoms with Gasteiger partial charge in [0.05, 0.1) is 11.7 Å². The van der Waals surface area contributed by atoms with Crippen LogP contribution in [-0.2, 0) is 11.2 Å². The number of aryl methyl sites for hydroxylation is 2. The van der Waals surface area contributed by atoms with Gasteiger partial charge in [-0.15, -0.1) is 11.3 Å². The predicted octanol–water partition coefficient (Wildman–Crippen LogP) is 3.73. The molecule has 0 bridgehead atoms. The maximum atomic E-state index is 13.6. The highest BCUT2D eigenvalue weighted by atomic mass is 32.1. The molecular weight excluding hydrogens is 343 g/mol. The molecule has 1 heterocycles. The molecule has 7 heteroatoms. The fraction of sp³-hybridized carbons (Fsp3) is 0.389. The topological polar surface area (TPSA) is 79.3 Å². The van der Waals surface area contributed by atoms with Crippen LogP contribution in [0.1, 0.15) is 52.2 Å². The van der Waals surface area contributed by atoms with Gasteiger partial charge in [-0.2, -0.15) is 0 Å². The Balaban J connectivity index is 1.93. The van der Waals surface area contributed by atoms with Crippen molar-refractivity contribution in [2.24, 2.45) is 5.92 Å². The summed E-state index contributed by atoms with van der Waals surface area (Å²) in [4.78, 5) is 27.8. The molecule has 0 saturated heterocycles. The molecule has 1 aromatic carbocycles. The minimum absolute atomic E-state index is 0.159. The van der Waals surface area contributed by atoms with E-state index in [1.54, 1.807) is 39.0 Å². The smallest absolute Gasteiger partial charge is 0.347 e. The molecule has 2 N–H and O–H groups in total. The highest BCUT2D eigenvalue weighted by Gasteiger charge is 2.21. The van der Waals surface area contributed by atoms with Gasteiger partial charge in [-0.05, 0) is 38.3 Å². The van der Waals surface area contributed by atoms with Crippen LogP contribution in [-0.4, -0.2) is 22.0 Å². The number of aromatic nitrogens is 1. The number of carbonyl (C=O) groups excluding carboxylic acids is 1. The van der Waals surface area contributed by atoms with Crippen LogP contribution >= 0.6 is 11.3 Å². The third-order valence-electron chi connectivity index (χ3n) is 3.99. The first-order valence-electron chi connectivity index (χ1n) is 8.04. The zero-order valence-electron chi connectivity index (χ0n) is 14.4. The number of hydrogen-bond donors (Lipinski definition) is 2. The van der Waals surface area contributed by atoms with Crippen LogP contribution in [0.3, 0.4) is 0 Å². The largest absolute Gasteiger partial charge is 0.477 e. The number of aromatic carboxylic acids is 1. The third-order valence-corrected chi connectivity index (χ3v) is 5.32. The van der Waals surface area contributed by atoms with Crippen molar-refractivity contribution in [3.05, 3.63) is 51.2 Å². The summed E-state index contributed by atoms with van der Waals surface area (Å²) in [5.41, 5.74) is 1.04. The first-order valence-corrected chi connectivity index (χ1v) is 8.85. The van der Waals surface area contributed by atoms with Crippen molar-refractivity contribution in [2.45, 2.75) is 39.7 Å². The fourth-order valence-electron chi connectivity index (χ4n) is 2.42. The Morgan fingerprint density at radius 2 is 2.00 bits per heavy atom. The van der Waals surface area contributed by atoms with Crippen LogP contribution in [0.25, 0.3) is 0 Å². The van der Waals surface area contributed by atoms with Gasteiger partial charge < -0.3 is 10.4 Å². The van der Waals surface area contributed by atoms with E-state index in [4.69, 9.17) is 5.11 Å². The number of carbonyl (C=O) groups is 2. The fourth-order valence-corrected chi connectivity index (χ4v) is 3.33. The molecule has 134 valence electrons. The van der Waals surface area contributed by atoms with Gasteiger partial charge in [-0.3, -0.25) is 4.79 Å². The van der Waals surface area contributed by atoms with E-state index >= 15 is 0 Å². The number of benzene rings is 1. The number of rotatable bonds is 7. The standard InChI is InChI=1S/C18H21FN2O3S/c1-10(8-9-13-6-4-5-7-14(13)19)16(22)20-12(3)17-21-11(2)15(25-17)18(23)24/h4-7,10,12H,8-9H2,1-3H3,(H,20,22)(H,23,24). The molecule has 2 aromatic rings. The Bertz CT molecular complexity index is 775. The second kappa shape index (κ2) is 8.20. The Morgan fingerprint density at radius 3 is 2.60 bits per heavy atom. The number of nitrogens with one attached hydrogen (secondary N) is 1. The maximum Gasteiger partial charge on any atom is 0.347 e. The Kier molecular flexibility index (Phi) is 6.25. The van der Waals surface area contributed by atoms with E-state index in [1.165, 1.54) is 6.07 Å². The lowest BCUT2D eigenvalue weighted by atomic mass is 10.00. The Hall–Kier alpha value is -2.28. The summed E-state index contributed by atoms with van der Waals surface area (Å²) in [5, 5.41) is 12.5. The molecule has 1 aromatic heterocycles. The molecule has 0 aliphatic carbocycles. The summed E-state index contributed by atoms with van der Waals surface area (Å²) >= 11 is 1.07. The van der Waals surface area contributed by atoms with Crippen molar-refractivity contribution in [3.63, 3.8) is 0 Å². The van der Waals surface area contributed by atoms with E-state index in [1.807, 2.05) is 0 Å². The summed E-state index contributed by atoms with van der Waals surface area (Å²) < 4.78 is 13.6. The second-order valence-corrected chi connectivity index (χ2v) is 7.06. The van der Waals surface area contributed by atoms with E-state index in [2.05, 4.69) is 10.3 Å². The lowest BCUT2D eigenvalue weighted by molar-refractivity contribution is -0.125. The van der Waals surface area contributed by atoms with E-state index in [9.17, 15) is 14.0 Å². The lowest BCUT2D eigenvalue weighted by Crippen LogP contribution is -2.31. The van der Waals surface area contributed by atoms with Crippen LogP contribution in [0.5, 0.6) is 0 Å². The highest BCUT2D eigenvalue weighted by molar-refractivity contribution is 7.13. The van der Waals surface area contributed by atoms with Crippen LogP contribution < -0.4 is 5.32 Å². The van der Waals surface area contributed by atoms with Gasteiger partial charge in [-0.25, -0.2) is 14.2 Å². The first-order chi connectivity index (χ1) is 11.8. The Labute approximate surface area is 149 Å². The monoisotopic (exact) mass is 364 g/mol. The number of thiazole rings is 1. The van der Waals surface area contributed by atoms with Crippen LogP contribution in [0, 0.1) is 18.7 Å². The quantitative estimate of drug-likeness (QED) is 0.784. The van der Waals surface area contributed by atoms with Crippen molar-refractivity contribution in [1.82, 2.24) is 10.3 Å².